The largest absolute Gasteiger partial charge is 0.479 e. The molecule has 0 unspecified atom stereocenters. The third-order valence-electron chi connectivity index (χ3n) is 2.26. The van der Waals surface area contributed by atoms with Gasteiger partial charge in [-0.05, 0) is 63.4 Å². The first-order valence-electron chi connectivity index (χ1n) is 5.41. The van der Waals surface area contributed by atoms with E-state index in [0.717, 1.165) is 14.5 Å². The lowest BCUT2D eigenvalue weighted by Crippen LogP contribution is -2.26. The van der Waals surface area contributed by atoms with Gasteiger partial charge in [0.15, 0.2) is 6.10 Å². The van der Waals surface area contributed by atoms with Crippen molar-refractivity contribution in [3.05, 3.63) is 26.6 Å². The van der Waals surface area contributed by atoms with Crippen molar-refractivity contribution in [3.63, 3.8) is 0 Å². The Labute approximate surface area is 127 Å². The highest BCUT2D eigenvalue weighted by Gasteiger charge is 2.15. The van der Waals surface area contributed by atoms with Gasteiger partial charge in [0.2, 0.25) is 5.91 Å². The number of ether oxygens (including phenoxy) is 1. The first-order valence-corrected chi connectivity index (χ1v) is 6.99. The lowest BCUT2D eigenvalue weighted by atomic mass is 10.2. The molecule has 1 aromatic carbocycles. The maximum absolute atomic E-state index is 11.7. The van der Waals surface area contributed by atoms with Crippen molar-refractivity contribution in [2.24, 2.45) is 0 Å². The fourth-order valence-corrected chi connectivity index (χ4v) is 2.88. The van der Waals surface area contributed by atoms with Crippen LogP contribution in [-0.2, 0) is 14.3 Å². The summed E-state index contributed by atoms with van der Waals surface area (Å²) in [6.45, 7) is 2.98. The van der Waals surface area contributed by atoms with Gasteiger partial charge in [-0.3, -0.25) is 4.79 Å². The summed E-state index contributed by atoms with van der Waals surface area (Å²) in [5.74, 6) is -1.52. The maximum atomic E-state index is 11.7. The van der Waals surface area contributed by atoms with Crippen LogP contribution in [0.3, 0.4) is 0 Å². The number of carbonyl (C=O) groups is 2. The van der Waals surface area contributed by atoms with E-state index in [2.05, 4.69) is 37.2 Å². The molecule has 19 heavy (non-hydrogen) atoms. The summed E-state index contributed by atoms with van der Waals surface area (Å²) in [7, 11) is 0. The van der Waals surface area contributed by atoms with Gasteiger partial charge in [0.1, 0.15) is 6.61 Å². The van der Waals surface area contributed by atoms with Crippen molar-refractivity contribution in [1.29, 1.82) is 0 Å². The first-order chi connectivity index (χ1) is 8.81. The van der Waals surface area contributed by atoms with Crippen LogP contribution in [0.15, 0.2) is 21.1 Å². The van der Waals surface area contributed by atoms with Gasteiger partial charge in [-0.25, -0.2) is 4.79 Å². The number of nitrogens with one attached hydrogen (secondary N) is 1. The molecule has 7 heteroatoms. The van der Waals surface area contributed by atoms with E-state index >= 15 is 0 Å². The molecule has 0 bridgehead atoms. The van der Waals surface area contributed by atoms with E-state index in [1.165, 1.54) is 6.92 Å². The molecule has 1 atom stereocenters. The molecule has 2 N–H and O–H groups in total. The van der Waals surface area contributed by atoms with Crippen molar-refractivity contribution in [2.75, 3.05) is 11.9 Å². The topological polar surface area (TPSA) is 75.6 Å². The molecule has 5 nitrogen and oxygen atoms in total. The number of carboxylic acid groups (broad SMARTS) is 1. The summed E-state index contributed by atoms with van der Waals surface area (Å²) in [6.07, 6.45) is -1.02. The molecular formula is C12H13Br2NO4. The predicted octanol–water partition coefficient (Wildman–Crippen LogP) is 2.95. The summed E-state index contributed by atoms with van der Waals surface area (Å²) >= 11 is 6.70. The fraction of sp³-hybridized carbons (Fsp3) is 0.333. The second kappa shape index (κ2) is 7.02. The highest BCUT2D eigenvalue weighted by molar-refractivity contribution is 9.11. The second-order valence-electron chi connectivity index (χ2n) is 3.94. The lowest BCUT2D eigenvalue weighted by Gasteiger charge is -2.12. The normalized spacial score (nSPS) is 12.0. The van der Waals surface area contributed by atoms with Gasteiger partial charge in [0.25, 0.3) is 0 Å². The van der Waals surface area contributed by atoms with Crippen LogP contribution in [0.1, 0.15) is 12.5 Å². The molecule has 0 saturated heterocycles. The molecule has 0 aliphatic carbocycles. The lowest BCUT2D eigenvalue weighted by molar-refractivity contribution is -0.150. The second-order valence-corrected chi connectivity index (χ2v) is 5.65. The average Bonchev–Trinajstić information content (AvgIpc) is 2.30. The molecule has 0 spiro atoms. The Morgan fingerprint density at radius 2 is 1.89 bits per heavy atom. The maximum Gasteiger partial charge on any atom is 0.332 e. The SMILES string of the molecule is Cc1cc(Br)c(NC(=O)CO[C@H](C)C(=O)O)c(Br)c1. The minimum atomic E-state index is -1.11. The van der Waals surface area contributed by atoms with Crippen LogP contribution in [-0.4, -0.2) is 29.7 Å². The van der Waals surface area contributed by atoms with Crippen molar-refractivity contribution in [3.8, 4) is 0 Å². The van der Waals surface area contributed by atoms with E-state index in [0.29, 0.717) is 5.69 Å². The van der Waals surface area contributed by atoms with E-state index < -0.39 is 18.0 Å². The van der Waals surface area contributed by atoms with Gasteiger partial charge in [-0.2, -0.15) is 0 Å². The van der Waals surface area contributed by atoms with Crippen molar-refractivity contribution < 1.29 is 19.4 Å². The Morgan fingerprint density at radius 1 is 1.37 bits per heavy atom. The number of carbonyl (C=O) groups excluding carboxylic acids is 1. The monoisotopic (exact) mass is 393 g/mol. The van der Waals surface area contributed by atoms with Gasteiger partial charge >= 0.3 is 5.97 Å². The first kappa shape index (κ1) is 16.1. The van der Waals surface area contributed by atoms with Crippen LogP contribution >= 0.6 is 31.9 Å². The molecule has 0 aliphatic rings. The predicted molar refractivity (Wildman–Crippen MR) is 78.3 cm³/mol. The number of benzene rings is 1. The van der Waals surface area contributed by atoms with Gasteiger partial charge in [-0.15, -0.1) is 0 Å². The minimum Gasteiger partial charge on any atom is -0.479 e. The van der Waals surface area contributed by atoms with Crippen molar-refractivity contribution in [2.45, 2.75) is 20.0 Å². The van der Waals surface area contributed by atoms with Crippen LogP contribution in [0.2, 0.25) is 0 Å². The molecule has 0 aliphatic heterocycles. The van der Waals surface area contributed by atoms with Gasteiger partial charge in [-0.1, -0.05) is 0 Å². The molecule has 1 aromatic rings. The van der Waals surface area contributed by atoms with E-state index in [9.17, 15) is 9.59 Å². The number of aryl methyl sites for hydroxylation is 1. The van der Waals surface area contributed by atoms with Crippen molar-refractivity contribution in [1.82, 2.24) is 0 Å². The summed E-state index contributed by atoms with van der Waals surface area (Å²) in [5.41, 5.74) is 1.62. The van der Waals surface area contributed by atoms with Crippen LogP contribution in [0.4, 0.5) is 5.69 Å². The number of rotatable bonds is 5. The molecule has 0 saturated carbocycles. The summed E-state index contributed by atoms with van der Waals surface area (Å²) in [4.78, 5) is 22.2. The van der Waals surface area contributed by atoms with Crippen molar-refractivity contribution >= 4 is 49.4 Å². The van der Waals surface area contributed by atoms with Gasteiger partial charge in [0, 0.05) is 8.95 Å². The Kier molecular flexibility index (Phi) is 5.96. The number of aliphatic carboxylic acids is 1. The Balaban J connectivity index is 2.65. The van der Waals surface area contributed by atoms with Crippen LogP contribution in [0.25, 0.3) is 0 Å². The smallest absolute Gasteiger partial charge is 0.332 e. The Hall–Kier alpha value is -0.920. The molecule has 0 aromatic heterocycles. The molecule has 0 fully saturated rings. The van der Waals surface area contributed by atoms with Crippen LogP contribution in [0, 0.1) is 6.92 Å². The number of hydrogen-bond donors (Lipinski definition) is 2. The zero-order valence-corrected chi connectivity index (χ0v) is 13.5. The number of carboxylic acids is 1. The Bertz CT molecular complexity index is 481. The van der Waals surface area contributed by atoms with Gasteiger partial charge in [0.05, 0.1) is 5.69 Å². The zero-order valence-electron chi connectivity index (χ0n) is 10.4. The quantitative estimate of drug-likeness (QED) is 0.804. The summed E-state index contributed by atoms with van der Waals surface area (Å²) < 4.78 is 6.37. The molecule has 0 radical (unpaired) electrons. The number of hydrogen-bond acceptors (Lipinski definition) is 3. The zero-order chi connectivity index (χ0) is 14.6. The standard InChI is InChI=1S/C12H13Br2NO4/c1-6-3-8(13)11(9(14)4-6)15-10(16)5-19-7(2)12(17)18/h3-4,7H,5H2,1-2H3,(H,15,16)(H,17,18)/t7-/m1/s1. The third-order valence-corrected chi connectivity index (χ3v) is 3.51. The Morgan fingerprint density at radius 3 is 2.37 bits per heavy atom. The van der Waals surface area contributed by atoms with E-state index in [1.54, 1.807) is 0 Å². The molecule has 0 heterocycles. The molecule has 104 valence electrons. The fourth-order valence-electron chi connectivity index (χ4n) is 1.27. The summed E-state index contributed by atoms with van der Waals surface area (Å²) in [5, 5.41) is 11.3. The average molecular weight is 395 g/mol. The van der Waals surface area contributed by atoms with E-state index in [-0.39, 0.29) is 6.61 Å². The summed E-state index contributed by atoms with van der Waals surface area (Å²) in [6, 6.07) is 3.72. The molecule has 1 amide bonds. The van der Waals surface area contributed by atoms with E-state index in [1.807, 2.05) is 19.1 Å². The number of halogens is 2. The minimum absolute atomic E-state index is 0.319. The highest BCUT2D eigenvalue weighted by Crippen LogP contribution is 2.32. The molecular weight excluding hydrogens is 382 g/mol. The highest BCUT2D eigenvalue weighted by atomic mass is 79.9. The number of anilines is 1. The van der Waals surface area contributed by atoms with Crippen LogP contribution in [0.5, 0.6) is 0 Å². The molecule has 1 rings (SSSR count). The number of amides is 1. The van der Waals surface area contributed by atoms with Gasteiger partial charge < -0.3 is 15.2 Å². The third kappa shape index (κ3) is 4.93. The van der Waals surface area contributed by atoms with E-state index in [4.69, 9.17) is 9.84 Å². The van der Waals surface area contributed by atoms with Crippen LogP contribution < -0.4 is 5.32 Å².